The van der Waals surface area contributed by atoms with Crippen molar-refractivity contribution in [3.8, 4) is 0 Å². The molecule has 2 aromatic rings. The standard InChI is InChI=1S/C14H17F3N2.C14H22N4/c1-3-4-11-7-5-10(9-12(11)15)6-8-13(14(16)17)19-18-2;1-12(2)18-8-6-17(7-9-18)11-13-4-3-5-14(10-13)16-15/h5,7,9,14H,2-4,6,8H2,1H3;3-5,10,16H,1,6-9,11,15H2,2H3/b19-13+;. The van der Waals surface area contributed by atoms with E-state index in [4.69, 9.17) is 5.84 Å². The molecule has 0 amide bonds. The van der Waals surface area contributed by atoms with E-state index in [1.165, 1.54) is 17.3 Å². The van der Waals surface area contributed by atoms with Gasteiger partial charge in [-0.3, -0.25) is 10.7 Å². The molecular weight excluding hydrogens is 477 g/mol. The van der Waals surface area contributed by atoms with Crippen molar-refractivity contribution in [2.24, 2.45) is 16.0 Å². The predicted molar refractivity (Wildman–Crippen MR) is 148 cm³/mol. The molecule has 1 fully saturated rings. The van der Waals surface area contributed by atoms with Crippen LogP contribution < -0.4 is 11.3 Å². The quantitative estimate of drug-likeness (QED) is 0.230. The first kappa shape index (κ1) is 30.1. The molecule has 1 saturated heterocycles. The Kier molecular flexibility index (Phi) is 12.9. The van der Waals surface area contributed by atoms with Crippen LogP contribution in [0.5, 0.6) is 0 Å². The van der Waals surface area contributed by atoms with Crippen molar-refractivity contribution in [1.29, 1.82) is 0 Å². The van der Waals surface area contributed by atoms with Crippen molar-refractivity contribution in [2.75, 3.05) is 31.6 Å². The zero-order valence-corrected chi connectivity index (χ0v) is 21.9. The summed E-state index contributed by atoms with van der Waals surface area (Å²) >= 11 is 0. The van der Waals surface area contributed by atoms with E-state index >= 15 is 0 Å². The van der Waals surface area contributed by atoms with Gasteiger partial charge in [-0.25, -0.2) is 13.2 Å². The average molecular weight is 517 g/mol. The summed E-state index contributed by atoms with van der Waals surface area (Å²) in [6, 6.07) is 13.1. The number of benzene rings is 2. The summed E-state index contributed by atoms with van der Waals surface area (Å²) in [4.78, 5) is 4.81. The van der Waals surface area contributed by atoms with Crippen LogP contribution in [0.1, 0.15) is 43.4 Å². The molecule has 1 aliphatic rings. The van der Waals surface area contributed by atoms with Crippen LogP contribution in [0.4, 0.5) is 18.9 Å². The van der Waals surface area contributed by atoms with E-state index in [2.05, 4.69) is 57.8 Å². The van der Waals surface area contributed by atoms with Gasteiger partial charge in [0.05, 0.1) is 0 Å². The minimum atomic E-state index is -2.66. The smallest absolute Gasteiger partial charge is 0.278 e. The monoisotopic (exact) mass is 516 g/mol. The van der Waals surface area contributed by atoms with Crippen molar-refractivity contribution in [1.82, 2.24) is 9.80 Å². The lowest BCUT2D eigenvalue weighted by atomic mass is 10.0. The number of alkyl halides is 2. The van der Waals surface area contributed by atoms with Crippen molar-refractivity contribution < 1.29 is 13.2 Å². The van der Waals surface area contributed by atoms with Gasteiger partial charge >= 0.3 is 0 Å². The van der Waals surface area contributed by atoms with E-state index in [1.54, 1.807) is 12.1 Å². The third-order valence-corrected chi connectivity index (χ3v) is 6.17. The van der Waals surface area contributed by atoms with E-state index in [9.17, 15) is 13.2 Å². The summed E-state index contributed by atoms with van der Waals surface area (Å²) in [5.41, 5.74) is 7.13. The molecule has 1 aliphatic heterocycles. The fourth-order valence-electron chi connectivity index (χ4n) is 4.09. The van der Waals surface area contributed by atoms with E-state index in [0.717, 1.165) is 44.8 Å². The van der Waals surface area contributed by atoms with Crippen LogP contribution in [0, 0.1) is 5.82 Å². The number of piperazine rings is 1. The number of hydrogen-bond donors (Lipinski definition) is 2. The van der Waals surface area contributed by atoms with Crippen LogP contribution in [-0.4, -0.2) is 54.8 Å². The number of hydrogen-bond acceptors (Lipinski definition) is 6. The summed E-state index contributed by atoms with van der Waals surface area (Å²) in [7, 11) is 0. The molecule has 9 heteroatoms. The summed E-state index contributed by atoms with van der Waals surface area (Å²) in [5.74, 6) is 5.14. The van der Waals surface area contributed by atoms with Crippen molar-refractivity contribution in [2.45, 2.75) is 52.5 Å². The van der Waals surface area contributed by atoms with Crippen molar-refractivity contribution in [3.63, 3.8) is 0 Å². The number of nitrogens with one attached hydrogen (secondary N) is 1. The van der Waals surface area contributed by atoms with Crippen LogP contribution in [0.15, 0.2) is 64.9 Å². The molecule has 0 saturated carbocycles. The minimum Gasteiger partial charge on any atom is -0.373 e. The van der Waals surface area contributed by atoms with Gasteiger partial charge in [0.15, 0.2) is 0 Å². The fraction of sp³-hybridized carbons (Fsp3) is 0.429. The van der Waals surface area contributed by atoms with Gasteiger partial charge in [-0.15, -0.1) is 0 Å². The van der Waals surface area contributed by atoms with Crippen LogP contribution in [0.3, 0.4) is 0 Å². The second-order valence-electron chi connectivity index (χ2n) is 9.05. The second-order valence-corrected chi connectivity index (χ2v) is 9.05. The molecule has 202 valence electrons. The molecule has 0 aliphatic carbocycles. The number of rotatable bonds is 11. The maximum absolute atomic E-state index is 13.7. The summed E-state index contributed by atoms with van der Waals surface area (Å²) in [6.07, 6.45) is -0.764. The average Bonchev–Trinajstić information content (AvgIpc) is 2.88. The van der Waals surface area contributed by atoms with Gasteiger partial charge in [-0.05, 0) is 61.1 Å². The van der Waals surface area contributed by atoms with Crippen molar-refractivity contribution >= 4 is 18.1 Å². The number of anilines is 1. The molecule has 0 atom stereocenters. The summed E-state index contributed by atoms with van der Waals surface area (Å²) < 4.78 is 38.7. The lowest BCUT2D eigenvalue weighted by Gasteiger charge is -2.36. The Morgan fingerprint density at radius 2 is 1.81 bits per heavy atom. The van der Waals surface area contributed by atoms with Crippen LogP contribution in [0.2, 0.25) is 0 Å². The molecule has 0 radical (unpaired) electrons. The highest BCUT2D eigenvalue weighted by Crippen LogP contribution is 2.16. The lowest BCUT2D eigenvalue weighted by Crippen LogP contribution is -2.44. The Labute approximate surface area is 218 Å². The van der Waals surface area contributed by atoms with Gasteiger partial charge in [0.25, 0.3) is 6.43 Å². The van der Waals surface area contributed by atoms with Gasteiger partial charge in [0.1, 0.15) is 11.5 Å². The van der Waals surface area contributed by atoms with Gasteiger partial charge in [-0.1, -0.05) is 44.2 Å². The fourth-order valence-corrected chi connectivity index (χ4v) is 4.09. The molecule has 6 nitrogen and oxygen atoms in total. The molecular formula is C28H39F3N6. The number of allylic oxidation sites excluding steroid dienone is 1. The first-order chi connectivity index (χ1) is 17.8. The van der Waals surface area contributed by atoms with Crippen LogP contribution >= 0.6 is 0 Å². The lowest BCUT2D eigenvalue weighted by molar-refractivity contribution is 0.153. The SMILES string of the molecule is C=C(C)N1CCN(Cc2cccc(NN)c2)CC1.C=N/N=C(\CCc1ccc(CCC)c(F)c1)C(F)F. The minimum absolute atomic E-state index is 0.0449. The largest absolute Gasteiger partial charge is 0.373 e. The van der Waals surface area contributed by atoms with E-state index in [1.807, 2.05) is 19.1 Å². The van der Waals surface area contributed by atoms with E-state index in [-0.39, 0.29) is 17.9 Å². The highest BCUT2D eigenvalue weighted by Gasteiger charge is 2.16. The molecule has 3 rings (SSSR count). The van der Waals surface area contributed by atoms with Gasteiger partial charge in [0, 0.05) is 50.8 Å². The zero-order valence-electron chi connectivity index (χ0n) is 21.9. The maximum Gasteiger partial charge on any atom is 0.278 e. The summed E-state index contributed by atoms with van der Waals surface area (Å²) in [6.45, 7) is 16.4. The van der Waals surface area contributed by atoms with Crippen LogP contribution in [0.25, 0.3) is 0 Å². The van der Waals surface area contributed by atoms with E-state index in [0.29, 0.717) is 24.0 Å². The molecule has 0 aromatic heterocycles. The molecule has 0 unspecified atom stereocenters. The zero-order chi connectivity index (χ0) is 27.2. The maximum atomic E-state index is 13.7. The molecule has 3 N–H and O–H groups in total. The first-order valence-corrected chi connectivity index (χ1v) is 12.5. The number of hydrazine groups is 1. The Hall–Kier alpha value is -3.17. The van der Waals surface area contributed by atoms with Gasteiger partial charge in [0.2, 0.25) is 0 Å². The molecule has 0 spiro atoms. The predicted octanol–water partition coefficient (Wildman–Crippen LogP) is 5.66. The number of nitrogen functional groups attached to an aromatic ring is 1. The van der Waals surface area contributed by atoms with Gasteiger partial charge < -0.3 is 10.3 Å². The number of nitrogens with two attached hydrogens (primary N) is 1. The third-order valence-electron chi connectivity index (χ3n) is 6.17. The number of halogens is 3. The normalized spacial score (nSPS) is 14.2. The number of aryl methyl sites for hydroxylation is 2. The molecule has 0 bridgehead atoms. The third kappa shape index (κ3) is 10.4. The Bertz CT molecular complexity index is 1030. The Morgan fingerprint density at radius 1 is 1.08 bits per heavy atom. The second kappa shape index (κ2) is 15.8. The van der Waals surface area contributed by atoms with Crippen molar-refractivity contribution in [3.05, 3.63) is 77.2 Å². The highest BCUT2D eigenvalue weighted by molar-refractivity contribution is 5.87. The molecule has 2 aromatic carbocycles. The first-order valence-electron chi connectivity index (χ1n) is 12.5. The number of nitrogens with zero attached hydrogens (tertiary/aromatic N) is 4. The Balaban J connectivity index is 0.000000260. The topological polar surface area (TPSA) is 69.2 Å². The van der Waals surface area contributed by atoms with E-state index < -0.39 is 6.43 Å². The van der Waals surface area contributed by atoms with Crippen LogP contribution in [-0.2, 0) is 19.4 Å². The highest BCUT2D eigenvalue weighted by atomic mass is 19.3. The summed E-state index contributed by atoms with van der Waals surface area (Å²) in [5, 5.41) is 6.40. The van der Waals surface area contributed by atoms with Gasteiger partial charge in [-0.2, -0.15) is 10.2 Å². The molecule has 1 heterocycles. The molecule has 37 heavy (non-hydrogen) atoms. The Morgan fingerprint density at radius 3 is 2.38 bits per heavy atom.